The van der Waals surface area contributed by atoms with Crippen LogP contribution in [0.1, 0.15) is 38.5 Å². The van der Waals surface area contributed by atoms with E-state index in [9.17, 15) is 0 Å². The predicted molar refractivity (Wildman–Crippen MR) is 127 cm³/mol. The van der Waals surface area contributed by atoms with Gasteiger partial charge in [0.25, 0.3) is 0 Å². The molecule has 1 unspecified atom stereocenters. The van der Waals surface area contributed by atoms with E-state index in [2.05, 4.69) is 52.0 Å². The van der Waals surface area contributed by atoms with Crippen LogP contribution in [-0.4, -0.2) is 40.5 Å². The summed E-state index contributed by atoms with van der Waals surface area (Å²) in [4.78, 5) is 0. The lowest BCUT2D eigenvalue weighted by molar-refractivity contribution is -0.146. The molecule has 2 saturated carbocycles. The van der Waals surface area contributed by atoms with Crippen molar-refractivity contribution in [1.82, 2.24) is 0 Å². The van der Waals surface area contributed by atoms with Gasteiger partial charge in [-0.2, -0.15) is 0 Å². The molecule has 0 amide bonds. The van der Waals surface area contributed by atoms with Crippen molar-refractivity contribution in [2.45, 2.75) is 94.1 Å². The fraction of sp³-hybridized carbons (Fsp3) is 0.750. The lowest BCUT2D eigenvalue weighted by Gasteiger charge is -2.50. The smallest absolute Gasteiger partial charge is 0.191 e. The van der Waals surface area contributed by atoms with Crippen molar-refractivity contribution in [3.05, 3.63) is 38.0 Å². The molecule has 1 aliphatic heterocycles. The van der Waals surface area contributed by atoms with E-state index in [0.29, 0.717) is 17.9 Å². The minimum Gasteiger partial charge on any atom is -0.414 e. The van der Waals surface area contributed by atoms with E-state index in [0.717, 1.165) is 57.2 Å². The molecule has 0 aromatic rings. The summed E-state index contributed by atoms with van der Waals surface area (Å²) in [5.74, 6) is 1.08. The molecule has 0 bridgehead atoms. The fourth-order valence-corrected chi connectivity index (χ4v) is 10.7. The number of hydrogen-bond donors (Lipinski definition) is 0. The molecule has 5 atom stereocenters. The molecule has 29 heavy (non-hydrogen) atoms. The number of rotatable bonds is 10. The van der Waals surface area contributed by atoms with Crippen LogP contribution in [0.15, 0.2) is 38.0 Å². The Balaban J connectivity index is 1.86. The van der Waals surface area contributed by atoms with Crippen molar-refractivity contribution >= 4 is 16.6 Å². The minimum atomic E-state index is -1.82. The molecule has 3 rings (SSSR count). The molecule has 0 radical (unpaired) electrons. The molecule has 0 aromatic heterocycles. The molecule has 1 saturated heterocycles. The topological polar surface area (TPSA) is 27.7 Å². The highest BCUT2D eigenvalue weighted by molar-refractivity contribution is 6.72. The quantitative estimate of drug-likeness (QED) is 0.291. The standard InChI is InChI=1S/C24H42O3Si2/c1-8-11-20-19-23(27-29(6,7)17-10-3)14-15-25-24(23)13-12-21(18-22(20)24)26-28(4,5)16-9-2/h8-10,20-22H,1-3,11-19H2,4-7H3/t20-,21+,22+,23?,24-/m1/s1. The van der Waals surface area contributed by atoms with Crippen molar-refractivity contribution in [2.24, 2.45) is 11.8 Å². The van der Waals surface area contributed by atoms with E-state index in [1.165, 1.54) is 0 Å². The Morgan fingerprint density at radius 2 is 1.69 bits per heavy atom. The summed E-state index contributed by atoms with van der Waals surface area (Å²) in [5, 5.41) is 0. The van der Waals surface area contributed by atoms with Crippen LogP contribution in [0, 0.1) is 11.8 Å². The van der Waals surface area contributed by atoms with Crippen LogP contribution in [0.25, 0.3) is 0 Å². The van der Waals surface area contributed by atoms with E-state index in [1.807, 2.05) is 12.2 Å². The molecule has 1 heterocycles. The summed E-state index contributed by atoms with van der Waals surface area (Å²) in [5.41, 5.74) is -0.251. The summed E-state index contributed by atoms with van der Waals surface area (Å²) < 4.78 is 20.5. The third-order valence-corrected chi connectivity index (χ3v) is 11.9. The van der Waals surface area contributed by atoms with Gasteiger partial charge in [0.1, 0.15) is 0 Å². The lowest BCUT2D eigenvalue weighted by atomic mass is 9.69. The van der Waals surface area contributed by atoms with E-state index in [4.69, 9.17) is 13.6 Å². The second-order valence-corrected chi connectivity index (χ2v) is 19.0. The Kier molecular flexibility index (Phi) is 6.86. The van der Waals surface area contributed by atoms with Gasteiger partial charge in [0.15, 0.2) is 16.6 Å². The Labute approximate surface area is 180 Å². The van der Waals surface area contributed by atoms with Crippen LogP contribution >= 0.6 is 0 Å². The third kappa shape index (κ3) is 4.45. The average Bonchev–Trinajstić information content (AvgIpc) is 3.04. The fourth-order valence-electron chi connectivity index (χ4n) is 6.56. The maximum Gasteiger partial charge on any atom is 0.191 e. The van der Waals surface area contributed by atoms with Gasteiger partial charge < -0.3 is 13.6 Å². The highest BCUT2D eigenvalue weighted by Crippen LogP contribution is 2.63. The van der Waals surface area contributed by atoms with Crippen LogP contribution in [0.4, 0.5) is 0 Å². The summed E-state index contributed by atoms with van der Waals surface area (Å²) in [6.07, 6.45) is 12.9. The van der Waals surface area contributed by atoms with Gasteiger partial charge in [-0.25, -0.2) is 0 Å². The Morgan fingerprint density at radius 1 is 1.00 bits per heavy atom. The monoisotopic (exact) mass is 434 g/mol. The first kappa shape index (κ1) is 23.2. The summed E-state index contributed by atoms with van der Waals surface area (Å²) in [6, 6.07) is 2.01. The highest BCUT2D eigenvalue weighted by Gasteiger charge is 2.69. The first-order chi connectivity index (χ1) is 13.6. The predicted octanol–water partition coefficient (Wildman–Crippen LogP) is 6.46. The largest absolute Gasteiger partial charge is 0.414 e. The van der Waals surface area contributed by atoms with Gasteiger partial charge in [-0.3, -0.25) is 0 Å². The number of hydrogen-bond acceptors (Lipinski definition) is 3. The van der Waals surface area contributed by atoms with Gasteiger partial charge in [-0.15, -0.1) is 19.7 Å². The van der Waals surface area contributed by atoms with E-state index >= 15 is 0 Å². The van der Waals surface area contributed by atoms with Crippen LogP contribution < -0.4 is 0 Å². The number of allylic oxidation sites excluding steroid dienone is 3. The summed E-state index contributed by atoms with van der Waals surface area (Å²) in [7, 11) is -3.52. The zero-order chi connectivity index (χ0) is 21.3. The molecular formula is C24H42O3Si2. The van der Waals surface area contributed by atoms with Gasteiger partial charge in [0.05, 0.1) is 17.8 Å². The maximum absolute atomic E-state index is 7.13. The molecular weight excluding hydrogens is 392 g/mol. The molecule has 164 valence electrons. The van der Waals surface area contributed by atoms with Gasteiger partial charge >= 0.3 is 0 Å². The maximum atomic E-state index is 7.13. The summed E-state index contributed by atoms with van der Waals surface area (Å²) in [6.45, 7) is 22.1. The van der Waals surface area contributed by atoms with Crippen LogP contribution in [0.3, 0.4) is 0 Å². The van der Waals surface area contributed by atoms with Gasteiger partial charge in [0, 0.05) is 12.5 Å². The average molecular weight is 435 g/mol. The van der Waals surface area contributed by atoms with Crippen LogP contribution in [0.5, 0.6) is 0 Å². The van der Waals surface area contributed by atoms with Gasteiger partial charge in [0.2, 0.25) is 0 Å². The lowest BCUT2D eigenvalue weighted by Crippen LogP contribution is -2.59. The van der Waals surface area contributed by atoms with Crippen molar-refractivity contribution in [1.29, 1.82) is 0 Å². The normalized spacial score (nSPS) is 37.0. The molecule has 5 heteroatoms. The molecule has 3 fully saturated rings. The molecule has 0 N–H and O–H groups in total. The second kappa shape index (κ2) is 8.58. The Bertz CT molecular complexity index is 632. The third-order valence-electron chi connectivity index (χ3n) is 7.45. The van der Waals surface area contributed by atoms with Crippen LogP contribution in [-0.2, 0) is 13.6 Å². The van der Waals surface area contributed by atoms with E-state index in [1.54, 1.807) is 0 Å². The molecule has 1 spiro atoms. The Morgan fingerprint density at radius 3 is 2.34 bits per heavy atom. The molecule has 2 aliphatic carbocycles. The van der Waals surface area contributed by atoms with Crippen molar-refractivity contribution < 1.29 is 13.6 Å². The molecule has 0 aromatic carbocycles. The molecule has 3 aliphatic rings. The van der Waals surface area contributed by atoms with Crippen molar-refractivity contribution in [3.63, 3.8) is 0 Å². The minimum absolute atomic E-state index is 0.122. The van der Waals surface area contributed by atoms with E-state index in [-0.39, 0.29) is 11.2 Å². The zero-order valence-corrected chi connectivity index (χ0v) is 21.2. The van der Waals surface area contributed by atoms with Crippen molar-refractivity contribution in [3.8, 4) is 0 Å². The summed E-state index contributed by atoms with van der Waals surface area (Å²) >= 11 is 0. The van der Waals surface area contributed by atoms with Crippen LogP contribution in [0.2, 0.25) is 38.3 Å². The first-order valence-corrected chi connectivity index (χ1v) is 17.7. The van der Waals surface area contributed by atoms with Crippen molar-refractivity contribution in [2.75, 3.05) is 6.61 Å². The van der Waals surface area contributed by atoms with E-state index < -0.39 is 16.6 Å². The van der Waals surface area contributed by atoms with Gasteiger partial charge in [-0.05, 0) is 82.2 Å². The SMILES string of the molecule is C=CC[C@@H]1CC2(O[Si](C)(C)CC=C)CCO[C@@]23CC[C@H](O[Si](C)(C)CC=C)C[C@@H]13. The molecule has 3 nitrogen and oxygen atoms in total. The zero-order valence-electron chi connectivity index (χ0n) is 19.2. The second-order valence-electron chi connectivity index (χ2n) is 10.7. The first-order valence-electron chi connectivity index (χ1n) is 11.5. The Hall–Kier alpha value is -0.466. The highest BCUT2D eigenvalue weighted by atomic mass is 28.4. The number of ether oxygens (including phenoxy) is 1. The van der Waals surface area contributed by atoms with Gasteiger partial charge in [-0.1, -0.05) is 18.2 Å².